The van der Waals surface area contributed by atoms with Crippen molar-refractivity contribution in [3.05, 3.63) is 58.9 Å². The van der Waals surface area contributed by atoms with E-state index in [9.17, 15) is 9.90 Å². The van der Waals surface area contributed by atoms with Gasteiger partial charge in [0.2, 0.25) is 5.91 Å². The second kappa shape index (κ2) is 7.85. The van der Waals surface area contributed by atoms with Crippen molar-refractivity contribution in [1.29, 1.82) is 0 Å². The zero-order valence-electron chi connectivity index (χ0n) is 14.0. The van der Waals surface area contributed by atoms with Crippen LogP contribution < -0.4 is 10.1 Å². The van der Waals surface area contributed by atoms with E-state index >= 15 is 0 Å². The van der Waals surface area contributed by atoms with E-state index in [0.29, 0.717) is 23.6 Å². The molecule has 0 aliphatic heterocycles. The molecule has 2 aromatic rings. The van der Waals surface area contributed by atoms with Gasteiger partial charge in [-0.3, -0.25) is 9.78 Å². The molecule has 1 saturated carbocycles. The van der Waals surface area contributed by atoms with Crippen molar-refractivity contribution in [2.75, 3.05) is 7.11 Å². The highest BCUT2D eigenvalue weighted by Crippen LogP contribution is 2.38. The minimum atomic E-state index is -0.292. The number of ether oxygens (including phenoxy) is 1. The van der Waals surface area contributed by atoms with E-state index in [1.807, 2.05) is 18.2 Å². The highest BCUT2D eigenvalue weighted by atomic mass is 35.5. The van der Waals surface area contributed by atoms with Crippen LogP contribution in [0.25, 0.3) is 0 Å². The summed E-state index contributed by atoms with van der Waals surface area (Å²) < 4.78 is 5.23. The van der Waals surface area contributed by atoms with Gasteiger partial charge in [-0.25, -0.2) is 0 Å². The van der Waals surface area contributed by atoms with E-state index < -0.39 is 0 Å². The summed E-state index contributed by atoms with van der Waals surface area (Å²) in [7, 11) is 1.59. The maximum absolute atomic E-state index is 12.5. The molecule has 1 amide bonds. The molecule has 6 heteroatoms. The number of methoxy groups -OCH3 is 1. The topological polar surface area (TPSA) is 71.5 Å². The lowest BCUT2D eigenvalue weighted by molar-refractivity contribution is -0.122. The first-order chi connectivity index (χ1) is 12.0. The van der Waals surface area contributed by atoms with Gasteiger partial charge in [-0.1, -0.05) is 23.7 Å². The van der Waals surface area contributed by atoms with Crippen LogP contribution in [-0.2, 0) is 11.2 Å². The number of nitrogens with one attached hydrogen (secondary N) is 1. The van der Waals surface area contributed by atoms with Gasteiger partial charge in [-0.05, 0) is 48.1 Å². The average Bonchev–Trinajstić information content (AvgIpc) is 2.59. The number of aliphatic hydroxyl groups is 1. The van der Waals surface area contributed by atoms with Crippen LogP contribution in [0.3, 0.4) is 0 Å². The quantitative estimate of drug-likeness (QED) is 0.830. The number of amides is 1. The lowest BCUT2D eigenvalue weighted by Crippen LogP contribution is -2.41. The van der Waals surface area contributed by atoms with E-state index in [2.05, 4.69) is 10.3 Å². The number of rotatable bonds is 6. The minimum Gasteiger partial charge on any atom is -0.495 e. The maximum Gasteiger partial charge on any atom is 0.224 e. The van der Waals surface area contributed by atoms with Crippen LogP contribution in [-0.4, -0.2) is 29.2 Å². The third kappa shape index (κ3) is 4.50. The summed E-state index contributed by atoms with van der Waals surface area (Å²) in [6.45, 7) is 0. The number of aromatic nitrogens is 1. The summed E-state index contributed by atoms with van der Waals surface area (Å²) in [5.74, 6) is 0.768. The summed E-state index contributed by atoms with van der Waals surface area (Å²) in [4.78, 5) is 16.7. The molecule has 1 aromatic heterocycles. The molecule has 3 rings (SSSR count). The smallest absolute Gasteiger partial charge is 0.224 e. The first kappa shape index (κ1) is 17.7. The monoisotopic (exact) mass is 360 g/mol. The summed E-state index contributed by atoms with van der Waals surface area (Å²) in [5.41, 5.74) is 1.79. The van der Waals surface area contributed by atoms with Crippen LogP contribution in [0.15, 0.2) is 42.7 Å². The molecule has 1 aliphatic carbocycles. The van der Waals surface area contributed by atoms with Crippen molar-refractivity contribution in [3.63, 3.8) is 0 Å². The molecule has 132 valence electrons. The second-order valence-corrected chi connectivity index (χ2v) is 6.83. The van der Waals surface area contributed by atoms with Gasteiger partial charge in [-0.15, -0.1) is 0 Å². The molecule has 0 bridgehead atoms. The van der Waals surface area contributed by atoms with Crippen LogP contribution in [0.5, 0.6) is 5.75 Å². The zero-order valence-corrected chi connectivity index (χ0v) is 14.7. The summed E-state index contributed by atoms with van der Waals surface area (Å²) in [5, 5.41) is 13.4. The van der Waals surface area contributed by atoms with E-state index in [1.54, 1.807) is 31.6 Å². The minimum absolute atomic E-state index is 0.0727. The molecule has 1 heterocycles. The number of aliphatic hydroxyl groups excluding tert-OH is 1. The predicted octanol–water partition coefficient (Wildman–Crippen LogP) is 2.91. The van der Waals surface area contributed by atoms with Gasteiger partial charge in [0.1, 0.15) is 5.75 Å². The molecule has 2 N–H and O–H groups in total. The fourth-order valence-electron chi connectivity index (χ4n) is 3.10. The Labute approximate surface area is 152 Å². The van der Waals surface area contributed by atoms with Crippen molar-refractivity contribution in [2.24, 2.45) is 5.92 Å². The Bertz CT molecular complexity index is 730. The molecular formula is C19H21ClN2O3. The second-order valence-electron chi connectivity index (χ2n) is 6.39. The van der Waals surface area contributed by atoms with Crippen molar-refractivity contribution < 1.29 is 14.6 Å². The Kier molecular flexibility index (Phi) is 5.56. The molecule has 0 spiro atoms. The fourth-order valence-corrected chi connectivity index (χ4v) is 3.23. The summed E-state index contributed by atoms with van der Waals surface area (Å²) in [6, 6.07) is 8.93. The third-order valence-electron chi connectivity index (χ3n) is 4.54. The Morgan fingerprint density at radius 2 is 2.08 bits per heavy atom. The van der Waals surface area contributed by atoms with Crippen molar-refractivity contribution in [2.45, 2.75) is 31.4 Å². The van der Waals surface area contributed by atoms with Crippen LogP contribution >= 0.6 is 11.6 Å². The average molecular weight is 361 g/mol. The van der Waals surface area contributed by atoms with E-state index in [1.165, 1.54) is 0 Å². The third-order valence-corrected chi connectivity index (χ3v) is 4.80. The standard InChI is InChI=1S/C19H21ClN2O3/c1-25-17-9-14(10-21-11-17)19(13-7-16(23)8-13)22-18(24)6-12-2-4-15(20)5-3-12/h2-5,9-11,13,16,19,23H,6-8H2,1H3,(H,22,24). The predicted molar refractivity (Wildman–Crippen MR) is 95.6 cm³/mol. The number of hydrogen-bond donors (Lipinski definition) is 2. The molecular weight excluding hydrogens is 340 g/mol. The van der Waals surface area contributed by atoms with E-state index in [0.717, 1.165) is 11.1 Å². The number of halogens is 1. The van der Waals surface area contributed by atoms with Gasteiger partial charge < -0.3 is 15.2 Å². The SMILES string of the molecule is COc1cncc(C(NC(=O)Cc2ccc(Cl)cc2)C2CC(O)C2)c1. The van der Waals surface area contributed by atoms with Crippen LogP contribution in [0, 0.1) is 5.92 Å². The number of hydrogen-bond acceptors (Lipinski definition) is 4. The van der Waals surface area contributed by atoms with Gasteiger partial charge >= 0.3 is 0 Å². The highest BCUT2D eigenvalue weighted by molar-refractivity contribution is 6.30. The Morgan fingerprint density at radius 3 is 2.72 bits per heavy atom. The van der Waals surface area contributed by atoms with Crippen molar-refractivity contribution in [3.8, 4) is 5.75 Å². The lowest BCUT2D eigenvalue weighted by atomic mass is 9.75. The number of carbonyl (C=O) groups is 1. The highest BCUT2D eigenvalue weighted by Gasteiger charge is 2.36. The number of pyridine rings is 1. The number of carbonyl (C=O) groups excluding carboxylic acids is 1. The largest absolute Gasteiger partial charge is 0.495 e. The Morgan fingerprint density at radius 1 is 1.36 bits per heavy atom. The van der Waals surface area contributed by atoms with Crippen LogP contribution in [0.4, 0.5) is 0 Å². The van der Waals surface area contributed by atoms with Crippen molar-refractivity contribution in [1.82, 2.24) is 10.3 Å². The molecule has 1 aliphatic rings. The molecule has 0 radical (unpaired) electrons. The molecule has 0 saturated heterocycles. The molecule has 5 nitrogen and oxygen atoms in total. The van der Waals surface area contributed by atoms with Crippen molar-refractivity contribution >= 4 is 17.5 Å². The van der Waals surface area contributed by atoms with Gasteiger partial charge in [-0.2, -0.15) is 0 Å². The van der Waals surface area contributed by atoms with E-state index in [4.69, 9.17) is 16.3 Å². The summed E-state index contributed by atoms with van der Waals surface area (Å²) >= 11 is 5.88. The molecule has 1 fully saturated rings. The van der Waals surface area contributed by atoms with Gasteiger partial charge in [0.05, 0.1) is 31.9 Å². The number of benzene rings is 1. The fraction of sp³-hybridized carbons (Fsp3) is 0.368. The summed E-state index contributed by atoms with van der Waals surface area (Å²) in [6.07, 6.45) is 4.69. The molecule has 25 heavy (non-hydrogen) atoms. The lowest BCUT2D eigenvalue weighted by Gasteiger charge is -2.38. The molecule has 1 unspecified atom stereocenters. The molecule has 1 atom stereocenters. The number of nitrogens with zero attached hydrogens (tertiary/aromatic N) is 1. The van der Waals surface area contributed by atoms with E-state index in [-0.39, 0.29) is 30.4 Å². The first-order valence-electron chi connectivity index (χ1n) is 8.26. The van der Waals surface area contributed by atoms with Gasteiger partial charge in [0.15, 0.2) is 0 Å². The van der Waals surface area contributed by atoms with Crippen LogP contribution in [0.1, 0.15) is 30.0 Å². The van der Waals surface area contributed by atoms with Crippen LogP contribution in [0.2, 0.25) is 5.02 Å². The maximum atomic E-state index is 12.5. The molecule has 1 aromatic carbocycles. The zero-order chi connectivity index (χ0) is 17.8. The van der Waals surface area contributed by atoms with Gasteiger partial charge in [0.25, 0.3) is 0 Å². The normalized spacial score (nSPS) is 20.4. The van der Waals surface area contributed by atoms with Gasteiger partial charge in [0, 0.05) is 11.2 Å². The Balaban J connectivity index is 1.73. The first-order valence-corrected chi connectivity index (χ1v) is 8.63. The Hall–Kier alpha value is -2.11.